The molecule has 0 amide bonds. The highest BCUT2D eigenvalue weighted by Gasteiger charge is 2.14. The lowest BCUT2D eigenvalue weighted by Gasteiger charge is -2.31. The maximum atomic E-state index is 5.90. The van der Waals surface area contributed by atoms with Crippen molar-refractivity contribution in [3.8, 4) is 5.75 Å². The van der Waals surface area contributed by atoms with Crippen LogP contribution in [0.3, 0.4) is 0 Å². The van der Waals surface area contributed by atoms with Crippen LogP contribution in [0.5, 0.6) is 5.75 Å². The predicted molar refractivity (Wildman–Crippen MR) is 84.7 cm³/mol. The monoisotopic (exact) mass is 276 g/mol. The van der Waals surface area contributed by atoms with Crippen LogP contribution in [0.2, 0.25) is 0 Å². The minimum atomic E-state index is 0.575. The van der Waals surface area contributed by atoms with E-state index in [1.807, 2.05) is 0 Å². The lowest BCUT2D eigenvalue weighted by molar-refractivity contribution is 0.170. The molecule has 0 spiro atoms. The second kappa shape index (κ2) is 7.09. The van der Waals surface area contributed by atoms with Crippen molar-refractivity contribution >= 4 is 0 Å². The Balaban J connectivity index is 1.80. The molecule has 1 aliphatic rings. The van der Waals surface area contributed by atoms with Gasteiger partial charge in [-0.05, 0) is 43.0 Å². The van der Waals surface area contributed by atoms with Gasteiger partial charge in [0.1, 0.15) is 12.4 Å². The number of hydrogen-bond donors (Lipinski definition) is 1. The van der Waals surface area contributed by atoms with Gasteiger partial charge in [0.05, 0.1) is 0 Å². The Hall–Kier alpha value is -1.06. The average Bonchev–Trinajstić information content (AvgIpc) is 2.38. The van der Waals surface area contributed by atoms with Gasteiger partial charge in [0.15, 0.2) is 0 Å². The van der Waals surface area contributed by atoms with Gasteiger partial charge in [0, 0.05) is 32.2 Å². The predicted octanol–water partition coefficient (Wildman–Crippen LogP) is 2.79. The van der Waals surface area contributed by atoms with Crippen LogP contribution in [-0.4, -0.2) is 43.7 Å². The fraction of sp³-hybridized carbons (Fsp3) is 0.647. The van der Waals surface area contributed by atoms with Gasteiger partial charge >= 0.3 is 0 Å². The third-order valence-electron chi connectivity index (χ3n) is 3.99. The van der Waals surface area contributed by atoms with Crippen LogP contribution in [0.4, 0.5) is 0 Å². The lowest BCUT2D eigenvalue weighted by Crippen LogP contribution is -2.50. The first-order valence-electron chi connectivity index (χ1n) is 7.75. The van der Waals surface area contributed by atoms with Crippen LogP contribution in [-0.2, 0) is 0 Å². The second-order valence-electron chi connectivity index (χ2n) is 6.18. The summed E-state index contributed by atoms with van der Waals surface area (Å²) in [7, 11) is 0. The van der Waals surface area contributed by atoms with Gasteiger partial charge in [-0.1, -0.05) is 19.9 Å². The number of rotatable bonds is 5. The number of aryl methyl sites for hydroxylation is 1. The number of ether oxygens (including phenoxy) is 1. The van der Waals surface area contributed by atoms with Crippen LogP contribution >= 0.6 is 0 Å². The molecule has 0 aromatic heterocycles. The molecule has 2 rings (SSSR count). The standard InChI is InChI=1S/C17H28N2O/c1-13(2)17-6-5-16(11-14(17)3)20-10-9-19-8-7-18-15(4)12-19/h5-6,11,13,15,18H,7-10,12H2,1-4H3/t15-/m0/s1. The minimum absolute atomic E-state index is 0.575. The zero-order chi connectivity index (χ0) is 14.5. The minimum Gasteiger partial charge on any atom is -0.492 e. The normalized spacial score (nSPS) is 20.4. The molecule has 112 valence electrons. The van der Waals surface area contributed by atoms with Gasteiger partial charge in [-0.25, -0.2) is 0 Å². The molecular formula is C17H28N2O. The van der Waals surface area contributed by atoms with Crippen LogP contribution in [0.25, 0.3) is 0 Å². The van der Waals surface area contributed by atoms with Crippen molar-refractivity contribution in [2.45, 2.75) is 39.7 Å². The molecule has 1 aromatic carbocycles. The Labute approximate surface area is 123 Å². The topological polar surface area (TPSA) is 24.5 Å². The summed E-state index contributed by atoms with van der Waals surface area (Å²) in [6.07, 6.45) is 0. The van der Waals surface area contributed by atoms with Crippen molar-refractivity contribution in [3.05, 3.63) is 29.3 Å². The van der Waals surface area contributed by atoms with Crippen LogP contribution < -0.4 is 10.1 Å². The fourth-order valence-electron chi connectivity index (χ4n) is 2.89. The summed E-state index contributed by atoms with van der Waals surface area (Å²) in [4.78, 5) is 2.47. The molecule has 1 heterocycles. The third kappa shape index (κ3) is 4.22. The van der Waals surface area contributed by atoms with Crippen LogP contribution in [0.15, 0.2) is 18.2 Å². The Bertz CT molecular complexity index is 431. The molecule has 1 atom stereocenters. The Kier molecular flexibility index (Phi) is 5.44. The van der Waals surface area contributed by atoms with Crippen LogP contribution in [0, 0.1) is 6.92 Å². The molecule has 3 nitrogen and oxygen atoms in total. The molecule has 3 heteroatoms. The number of nitrogens with one attached hydrogen (secondary N) is 1. The van der Waals surface area contributed by atoms with Crippen molar-refractivity contribution in [2.75, 3.05) is 32.8 Å². The zero-order valence-corrected chi connectivity index (χ0v) is 13.3. The van der Waals surface area contributed by atoms with E-state index in [1.54, 1.807) is 0 Å². The quantitative estimate of drug-likeness (QED) is 0.895. The van der Waals surface area contributed by atoms with E-state index in [0.717, 1.165) is 38.5 Å². The van der Waals surface area contributed by atoms with Gasteiger partial charge in [-0.3, -0.25) is 4.90 Å². The van der Waals surface area contributed by atoms with Crippen molar-refractivity contribution in [3.63, 3.8) is 0 Å². The first kappa shape index (κ1) is 15.3. The Morgan fingerprint density at radius 2 is 2.20 bits per heavy atom. The maximum absolute atomic E-state index is 5.90. The van der Waals surface area contributed by atoms with Gasteiger partial charge in [0.25, 0.3) is 0 Å². The number of nitrogens with zero attached hydrogens (tertiary/aromatic N) is 1. The van der Waals surface area contributed by atoms with Crippen molar-refractivity contribution < 1.29 is 4.74 Å². The fourth-order valence-corrected chi connectivity index (χ4v) is 2.89. The highest BCUT2D eigenvalue weighted by atomic mass is 16.5. The molecule has 1 fully saturated rings. The van der Waals surface area contributed by atoms with Gasteiger partial charge in [-0.15, -0.1) is 0 Å². The first-order valence-corrected chi connectivity index (χ1v) is 7.75. The Morgan fingerprint density at radius 1 is 1.40 bits per heavy atom. The molecular weight excluding hydrogens is 248 g/mol. The maximum Gasteiger partial charge on any atom is 0.119 e. The van der Waals surface area contributed by atoms with Gasteiger partial charge < -0.3 is 10.1 Å². The molecule has 0 aliphatic carbocycles. The molecule has 1 saturated heterocycles. The molecule has 1 N–H and O–H groups in total. The summed E-state index contributed by atoms with van der Waals surface area (Å²) >= 11 is 0. The smallest absolute Gasteiger partial charge is 0.119 e. The summed E-state index contributed by atoms with van der Waals surface area (Å²) < 4.78 is 5.90. The van der Waals surface area contributed by atoms with Gasteiger partial charge in [-0.2, -0.15) is 0 Å². The van der Waals surface area contributed by atoms with Crippen molar-refractivity contribution in [1.29, 1.82) is 0 Å². The third-order valence-corrected chi connectivity index (χ3v) is 3.99. The van der Waals surface area contributed by atoms with E-state index in [0.29, 0.717) is 12.0 Å². The lowest BCUT2D eigenvalue weighted by atomic mass is 9.98. The highest BCUT2D eigenvalue weighted by Crippen LogP contribution is 2.23. The van der Waals surface area contributed by atoms with E-state index in [4.69, 9.17) is 4.74 Å². The molecule has 0 radical (unpaired) electrons. The summed E-state index contributed by atoms with van der Waals surface area (Å²) in [6.45, 7) is 14.0. The largest absolute Gasteiger partial charge is 0.492 e. The van der Waals surface area contributed by atoms with E-state index in [2.05, 4.69) is 56.1 Å². The summed E-state index contributed by atoms with van der Waals surface area (Å²) in [6, 6.07) is 7.05. The van der Waals surface area contributed by atoms with Crippen molar-refractivity contribution in [1.82, 2.24) is 10.2 Å². The summed E-state index contributed by atoms with van der Waals surface area (Å²) in [5.41, 5.74) is 2.74. The van der Waals surface area contributed by atoms with E-state index in [1.165, 1.54) is 11.1 Å². The highest BCUT2D eigenvalue weighted by molar-refractivity contribution is 5.36. The number of benzene rings is 1. The van der Waals surface area contributed by atoms with E-state index < -0.39 is 0 Å². The van der Waals surface area contributed by atoms with E-state index >= 15 is 0 Å². The van der Waals surface area contributed by atoms with E-state index in [9.17, 15) is 0 Å². The second-order valence-corrected chi connectivity index (χ2v) is 6.18. The number of hydrogen-bond acceptors (Lipinski definition) is 3. The molecule has 0 unspecified atom stereocenters. The summed E-state index contributed by atoms with van der Waals surface area (Å²) in [5, 5.41) is 3.46. The van der Waals surface area contributed by atoms with E-state index in [-0.39, 0.29) is 0 Å². The molecule has 0 saturated carbocycles. The SMILES string of the molecule is Cc1cc(OCCN2CCN[C@@H](C)C2)ccc1C(C)C. The molecule has 1 aliphatic heterocycles. The van der Waals surface area contributed by atoms with Crippen molar-refractivity contribution in [2.24, 2.45) is 0 Å². The zero-order valence-electron chi connectivity index (χ0n) is 13.3. The molecule has 1 aromatic rings. The number of piperazine rings is 1. The average molecular weight is 276 g/mol. The molecule has 0 bridgehead atoms. The summed E-state index contributed by atoms with van der Waals surface area (Å²) in [5.74, 6) is 1.57. The van der Waals surface area contributed by atoms with Crippen LogP contribution in [0.1, 0.15) is 37.8 Å². The van der Waals surface area contributed by atoms with Gasteiger partial charge in [0.2, 0.25) is 0 Å². The Morgan fingerprint density at radius 3 is 2.85 bits per heavy atom. The molecule has 20 heavy (non-hydrogen) atoms. The first-order chi connectivity index (χ1) is 9.56.